The lowest BCUT2D eigenvalue weighted by Crippen LogP contribution is -2.27. The molecule has 1 rings (SSSR count). The normalized spacial score (nSPS) is 13.1. The molecule has 0 aliphatic carbocycles. The summed E-state index contributed by atoms with van der Waals surface area (Å²) in [5, 5.41) is 2.90. The van der Waals surface area contributed by atoms with E-state index in [0.29, 0.717) is 5.69 Å². The van der Waals surface area contributed by atoms with Gasteiger partial charge in [-0.15, -0.1) is 0 Å². The molecule has 3 N–H and O–H groups in total. The Labute approximate surface area is 111 Å². The van der Waals surface area contributed by atoms with Gasteiger partial charge in [0.2, 0.25) is 0 Å². The van der Waals surface area contributed by atoms with Crippen molar-refractivity contribution >= 4 is 32.7 Å². The van der Waals surface area contributed by atoms with Crippen molar-refractivity contribution in [1.29, 1.82) is 0 Å². The van der Waals surface area contributed by atoms with Gasteiger partial charge in [0.1, 0.15) is 20.6 Å². The summed E-state index contributed by atoms with van der Waals surface area (Å²) in [5.74, 6) is -0.584. The van der Waals surface area contributed by atoms with Crippen molar-refractivity contribution < 1.29 is 12.8 Å². The highest BCUT2D eigenvalue weighted by Crippen LogP contribution is 2.19. The van der Waals surface area contributed by atoms with Crippen LogP contribution in [0.1, 0.15) is 12.5 Å². The third-order valence-corrected chi connectivity index (χ3v) is 3.52. The van der Waals surface area contributed by atoms with Crippen molar-refractivity contribution in [2.24, 2.45) is 5.73 Å². The van der Waals surface area contributed by atoms with E-state index in [0.717, 1.165) is 6.26 Å². The second kappa shape index (κ2) is 5.62. The fraction of sp³-hybridized carbons (Fsp3) is 0.364. The quantitative estimate of drug-likeness (QED) is 0.800. The Kier molecular flexibility index (Phi) is 4.64. The first kappa shape index (κ1) is 14.8. The van der Waals surface area contributed by atoms with Crippen molar-refractivity contribution in [2.45, 2.75) is 13.0 Å². The molecule has 0 saturated carbocycles. The lowest BCUT2D eigenvalue weighted by molar-refractivity contribution is 0.598. The molecule has 0 aromatic heterocycles. The SMILES string of the molecule is CC(CS(C)(=O)=O)Nc1cccc(F)c1C(N)=S. The molecular formula is C11H15FN2O2S2. The number of anilines is 1. The van der Waals surface area contributed by atoms with E-state index >= 15 is 0 Å². The minimum atomic E-state index is -3.11. The van der Waals surface area contributed by atoms with Crippen LogP contribution in [0, 0.1) is 5.82 Å². The number of nitrogens with two attached hydrogens (primary N) is 1. The molecule has 0 bridgehead atoms. The van der Waals surface area contributed by atoms with E-state index in [2.05, 4.69) is 5.32 Å². The maximum Gasteiger partial charge on any atom is 0.149 e. The molecule has 18 heavy (non-hydrogen) atoms. The second-order valence-corrected chi connectivity index (χ2v) is 6.79. The molecule has 1 aromatic carbocycles. The van der Waals surface area contributed by atoms with Crippen LogP contribution in [0.2, 0.25) is 0 Å². The Bertz CT molecular complexity index is 558. The number of nitrogens with one attached hydrogen (secondary N) is 1. The molecule has 100 valence electrons. The predicted octanol–water partition coefficient (Wildman–Crippen LogP) is 1.30. The summed E-state index contributed by atoms with van der Waals surface area (Å²) >= 11 is 4.78. The topological polar surface area (TPSA) is 72.2 Å². The second-order valence-electron chi connectivity index (χ2n) is 4.16. The molecule has 0 aliphatic heterocycles. The zero-order valence-corrected chi connectivity index (χ0v) is 11.7. The number of sulfone groups is 1. The number of halogens is 1. The van der Waals surface area contributed by atoms with Gasteiger partial charge in [-0.2, -0.15) is 0 Å². The van der Waals surface area contributed by atoms with Gasteiger partial charge in [0, 0.05) is 18.0 Å². The molecule has 4 nitrogen and oxygen atoms in total. The number of rotatable bonds is 5. The summed E-state index contributed by atoms with van der Waals surface area (Å²) in [6.45, 7) is 1.69. The van der Waals surface area contributed by atoms with E-state index in [1.54, 1.807) is 13.0 Å². The van der Waals surface area contributed by atoms with Crippen LogP contribution in [0.15, 0.2) is 18.2 Å². The highest BCUT2D eigenvalue weighted by Gasteiger charge is 2.15. The van der Waals surface area contributed by atoms with Crippen LogP contribution in [0.3, 0.4) is 0 Å². The predicted molar refractivity (Wildman–Crippen MR) is 75.1 cm³/mol. The lowest BCUT2D eigenvalue weighted by Gasteiger charge is -2.17. The maximum absolute atomic E-state index is 13.6. The average molecular weight is 290 g/mol. The van der Waals surface area contributed by atoms with Gasteiger partial charge in [-0.3, -0.25) is 0 Å². The first-order valence-electron chi connectivity index (χ1n) is 5.23. The molecule has 0 saturated heterocycles. The summed E-state index contributed by atoms with van der Waals surface area (Å²) in [6.07, 6.45) is 1.14. The standard InChI is InChI=1S/C11H15FN2O2S2/c1-7(6-18(2,15)16)14-9-5-3-4-8(12)10(9)11(13)17/h3-5,7,14H,6H2,1-2H3,(H2,13,17). The van der Waals surface area contributed by atoms with Crippen LogP contribution in [0.4, 0.5) is 10.1 Å². The van der Waals surface area contributed by atoms with Crippen LogP contribution in [0.25, 0.3) is 0 Å². The molecule has 1 unspecified atom stereocenters. The van der Waals surface area contributed by atoms with Crippen molar-refractivity contribution in [2.75, 3.05) is 17.3 Å². The van der Waals surface area contributed by atoms with Crippen molar-refractivity contribution in [3.63, 3.8) is 0 Å². The van der Waals surface area contributed by atoms with Crippen molar-refractivity contribution in [3.8, 4) is 0 Å². The molecule has 0 aliphatic rings. The highest BCUT2D eigenvalue weighted by molar-refractivity contribution is 7.90. The van der Waals surface area contributed by atoms with Crippen LogP contribution in [-0.2, 0) is 9.84 Å². The summed E-state index contributed by atoms with van der Waals surface area (Å²) < 4.78 is 35.9. The van der Waals surface area contributed by atoms with Crippen molar-refractivity contribution in [3.05, 3.63) is 29.6 Å². The first-order valence-corrected chi connectivity index (χ1v) is 7.70. The average Bonchev–Trinajstić information content (AvgIpc) is 2.13. The summed E-state index contributed by atoms with van der Waals surface area (Å²) in [5.41, 5.74) is 5.96. The fourth-order valence-corrected chi connectivity index (χ4v) is 2.86. The molecular weight excluding hydrogens is 275 g/mol. The minimum Gasteiger partial charge on any atom is -0.389 e. The number of benzene rings is 1. The Morgan fingerprint density at radius 3 is 2.67 bits per heavy atom. The van der Waals surface area contributed by atoms with E-state index < -0.39 is 15.7 Å². The molecule has 0 fully saturated rings. The van der Waals surface area contributed by atoms with Gasteiger partial charge < -0.3 is 11.1 Å². The van der Waals surface area contributed by atoms with Gasteiger partial charge in [0.25, 0.3) is 0 Å². The van der Waals surface area contributed by atoms with Gasteiger partial charge in [0.05, 0.1) is 11.3 Å². The molecule has 0 spiro atoms. The molecule has 1 atom stereocenters. The monoisotopic (exact) mass is 290 g/mol. The smallest absolute Gasteiger partial charge is 0.149 e. The Morgan fingerprint density at radius 1 is 1.56 bits per heavy atom. The van der Waals surface area contributed by atoms with Gasteiger partial charge in [0.15, 0.2) is 0 Å². The Morgan fingerprint density at radius 2 is 2.17 bits per heavy atom. The van der Waals surface area contributed by atoms with Crippen LogP contribution >= 0.6 is 12.2 Å². The van der Waals surface area contributed by atoms with E-state index in [1.165, 1.54) is 12.1 Å². The third-order valence-electron chi connectivity index (χ3n) is 2.21. The Hall–Kier alpha value is -1.21. The number of thiocarbonyl (C=S) groups is 1. The highest BCUT2D eigenvalue weighted by atomic mass is 32.2. The first-order chi connectivity index (χ1) is 8.20. The molecule has 0 radical (unpaired) electrons. The van der Waals surface area contributed by atoms with Gasteiger partial charge in [-0.05, 0) is 19.1 Å². The van der Waals surface area contributed by atoms with Gasteiger partial charge in [-0.1, -0.05) is 18.3 Å². The molecule has 0 amide bonds. The van der Waals surface area contributed by atoms with Gasteiger partial charge in [-0.25, -0.2) is 12.8 Å². The largest absolute Gasteiger partial charge is 0.389 e. The van der Waals surface area contributed by atoms with Gasteiger partial charge >= 0.3 is 0 Å². The summed E-state index contributed by atoms with van der Waals surface area (Å²) in [6, 6.07) is 4.00. The van der Waals surface area contributed by atoms with Crippen molar-refractivity contribution in [1.82, 2.24) is 0 Å². The maximum atomic E-state index is 13.6. The minimum absolute atomic E-state index is 0.0553. The molecule has 0 heterocycles. The lowest BCUT2D eigenvalue weighted by atomic mass is 10.1. The van der Waals surface area contributed by atoms with E-state index in [4.69, 9.17) is 18.0 Å². The van der Waals surface area contributed by atoms with Crippen LogP contribution in [-0.4, -0.2) is 31.5 Å². The zero-order chi connectivity index (χ0) is 13.9. The van der Waals surface area contributed by atoms with E-state index in [1.807, 2.05) is 0 Å². The summed E-state index contributed by atoms with van der Waals surface area (Å²) in [7, 11) is -3.11. The summed E-state index contributed by atoms with van der Waals surface area (Å²) in [4.78, 5) is -0.0674. The Balaban J connectivity index is 2.98. The zero-order valence-electron chi connectivity index (χ0n) is 10.1. The molecule has 1 aromatic rings. The third kappa shape index (κ3) is 4.23. The van der Waals surface area contributed by atoms with E-state index in [-0.39, 0.29) is 22.3 Å². The number of hydrogen-bond acceptors (Lipinski definition) is 4. The van der Waals surface area contributed by atoms with Crippen LogP contribution in [0.5, 0.6) is 0 Å². The van der Waals surface area contributed by atoms with Crippen LogP contribution < -0.4 is 11.1 Å². The van der Waals surface area contributed by atoms with E-state index in [9.17, 15) is 12.8 Å². The molecule has 7 heteroatoms. The fourth-order valence-electron chi connectivity index (χ4n) is 1.66. The number of hydrogen-bond donors (Lipinski definition) is 2.